The summed E-state index contributed by atoms with van der Waals surface area (Å²) in [5.41, 5.74) is 4.31. The second-order valence-corrected chi connectivity index (χ2v) is 6.05. The van der Waals surface area contributed by atoms with E-state index in [0.29, 0.717) is 0 Å². The van der Waals surface area contributed by atoms with Gasteiger partial charge in [-0.15, -0.1) is 0 Å². The van der Waals surface area contributed by atoms with E-state index in [2.05, 4.69) is 0 Å². The second kappa shape index (κ2) is 4.51. The van der Waals surface area contributed by atoms with Gasteiger partial charge in [0.05, 0.1) is 11.5 Å². The maximum atomic E-state index is 12.4. The number of aliphatic carboxylic acids is 1. The summed E-state index contributed by atoms with van der Waals surface area (Å²) >= 11 is 0. The van der Waals surface area contributed by atoms with Crippen LogP contribution in [0, 0.1) is 5.41 Å². The maximum absolute atomic E-state index is 12.4. The molecule has 0 aliphatic carbocycles. The van der Waals surface area contributed by atoms with Gasteiger partial charge in [-0.05, 0) is 27.7 Å². The third kappa shape index (κ3) is 2.49. The smallest absolute Gasteiger partial charge is 0.326 e. The molecule has 0 spiro atoms. The van der Waals surface area contributed by atoms with Crippen LogP contribution in [0.15, 0.2) is 0 Å². The van der Waals surface area contributed by atoms with Crippen molar-refractivity contribution in [1.82, 2.24) is 4.90 Å². The lowest BCUT2D eigenvalue weighted by Crippen LogP contribution is -2.58. The van der Waals surface area contributed by atoms with Crippen molar-refractivity contribution in [2.75, 3.05) is 6.54 Å². The van der Waals surface area contributed by atoms with Gasteiger partial charge in [-0.1, -0.05) is 0 Å². The number of carbonyl (C=O) groups excluding carboxylic acids is 1. The molecule has 1 heterocycles. The first-order chi connectivity index (χ1) is 7.98. The Morgan fingerprint density at radius 3 is 2.17 bits per heavy atom. The Morgan fingerprint density at radius 1 is 1.28 bits per heavy atom. The molecule has 0 aromatic rings. The molecule has 6 nitrogen and oxygen atoms in total. The average molecular weight is 258 g/mol. The molecule has 2 atom stereocenters. The van der Waals surface area contributed by atoms with Crippen molar-refractivity contribution in [2.45, 2.75) is 51.8 Å². The van der Waals surface area contributed by atoms with E-state index in [0.717, 1.165) is 0 Å². The number of aliphatic hydroxyl groups is 1. The first-order valence-electron chi connectivity index (χ1n) is 5.99. The molecule has 0 aromatic heterocycles. The summed E-state index contributed by atoms with van der Waals surface area (Å²) in [6.45, 7) is 6.90. The van der Waals surface area contributed by atoms with Crippen LogP contribution in [0.4, 0.5) is 0 Å². The number of carbonyl (C=O) groups is 2. The highest BCUT2D eigenvalue weighted by Gasteiger charge is 2.48. The molecule has 1 aliphatic rings. The minimum atomic E-state index is -1.09. The van der Waals surface area contributed by atoms with Crippen LogP contribution in [0.3, 0.4) is 0 Å². The number of amides is 1. The lowest BCUT2D eigenvalue weighted by molar-refractivity contribution is -0.154. The minimum absolute atomic E-state index is 0.0509. The standard InChI is InChI=1S/C12H22N2O4/c1-11(2,12(3,4)13)10(18)14-6-7(15)5-8(14)9(16)17/h7-8,15H,5-6,13H2,1-4H3,(H,16,17)/t7-,8-/m0/s1. The van der Waals surface area contributed by atoms with Crippen LogP contribution in [-0.2, 0) is 9.59 Å². The molecule has 1 amide bonds. The van der Waals surface area contributed by atoms with E-state index in [4.69, 9.17) is 10.8 Å². The summed E-state index contributed by atoms with van der Waals surface area (Å²) in [5, 5.41) is 18.6. The van der Waals surface area contributed by atoms with Gasteiger partial charge in [-0.25, -0.2) is 4.79 Å². The van der Waals surface area contributed by atoms with E-state index in [1.54, 1.807) is 27.7 Å². The Hall–Kier alpha value is -1.14. The molecule has 18 heavy (non-hydrogen) atoms. The third-order valence-corrected chi connectivity index (χ3v) is 3.97. The summed E-state index contributed by atoms with van der Waals surface area (Å²) in [4.78, 5) is 24.8. The predicted octanol–water partition coefficient (Wildman–Crippen LogP) is -0.204. The minimum Gasteiger partial charge on any atom is -0.480 e. The maximum Gasteiger partial charge on any atom is 0.326 e. The number of nitrogens with zero attached hydrogens (tertiary/aromatic N) is 1. The zero-order valence-electron chi connectivity index (χ0n) is 11.3. The average Bonchev–Trinajstić information content (AvgIpc) is 2.57. The van der Waals surface area contributed by atoms with Gasteiger partial charge in [0.1, 0.15) is 6.04 Å². The third-order valence-electron chi connectivity index (χ3n) is 3.97. The van der Waals surface area contributed by atoms with Crippen molar-refractivity contribution >= 4 is 11.9 Å². The largest absolute Gasteiger partial charge is 0.480 e. The summed E-state index contributed by atoms with van der Waals surface area (Å²) < 4.78 is 0. The molecular formula is C12H22N2O4. The number of carboxylic acids is 1. The Balaban J connectivity index is 3.00. The van der Waals surface area contributed by atoms with Crippen LogP contribution in [0.25, 0.3) is 0 Å². The first kappa shape index (κ1) is 14.9. The van der Waals surface area contributed by atoms with Crippen LogP contribution in [0.1, 0.15) is 34.1 Å². The fourth-order valence-corrected chi connectivity index (χ4v) is 1.91. The summed E-state index contributed by atoms with van der Waals surface area (Å²) in [6, 6.07) is -0.964. The molecule has 0 unspecified atom stereocenters. The van der Waals surface area contributed by atoms with Crippen LogP contribution in [-0.4, -0.2) is 51.2 Å². The van der Waals surface area contributed by atoms with Crippen LogP contribution in [0.2, 0.25) is 0 Å². The van der Waals surface area contributed by atoms with Gasteiger partial charge in [0.25, 0.3) is 0 Å². The molecule has 6 heteroatoms. The van der Waals surface area contributed by atoms with Crippen molar-refractivity contribution in [3.05, 3.63) is 0 Å². The Labute approximate surface area is 107 Å². The SMILES string of the molecule is CC(C)(N)C(C)(C)C(=O)N1C[C@@H](O)C[C@H]1C(=O)O. The normalized spacial score (nSPS) is 25.3. The number of hydrogen-bond acceptors (Lipinski definition) is 4. The fraction of sp³-hybridized carbons (Fsp3) is 0.833. The Bertz CT molecular complexity index is 360. The fourth-order valence-electron chi connectivity index (χ4n) is 1.91. The van der Waals surface area contributed by atoms with E-state index < -0.39 is 29.1 Å². The number of hydrogen-bond donors (Lipinski definition) is 3. The van der Waals surface area contributed by atoms with E-state index in [1.165, 1.54) is 4.90 Å². The monoisotopic (exact) mass is 258 g/mol. The number of β-amino-alcohol motifs (C(OH)–C–C–N with tert-alkyl or cyclic N) is 1. The van der Waals surface area contributed by atoms with Crippen molar-refractivity contribution in [3.8, 4) is 0 Å². The highest BCUT2D eigenvalue weighted by atomic mass is 16.4. The molecular weight excluding hydrogens is 236 g/mol. The number of rotatable bonds is 3. The molecule has 104 valence electrons. The number of likely N-dealkylation sites (tertiary alicyclic amines) is 1. The molecule has 4 N–H and O–H groups in total. The quantitative estimate of drug-likeness (QED) is 0.650. The summed E-state index contributed by atoms with van der Waals surface area (Å²) in [5.74, 6) is -1.43. The van der Waals surface area contributed by atoms with Crippen molar-refractivity contribution in [3.63, 3.8) is 0 Å². The molecule has 0 bridgehead atoms. The van der Waals surface area contributed by atoms with E-state index in [-0.39, 0.29) is 18.9 Å². The van der Waals surface area contributed by atoms with Gasteiger partial charge in [-0.3, -0.25) is 4.79 Å². The highest BCUT2D eigenvalue weighted by molar-refractivity contribution is 5.88. The van der Waals surface area contributed by atoms with Gasteiger partial charge in [-0.2, -0.15) is 0 Å². The van der Waals surface area contributed by atoms with E-state index in [9.17, 15) is 14.7 Å². The second-order valence-electron chi connectivity index (χ2n) is 6.05. The molecule has 1 saturated heterocycles. The first-order valence-corrected chi connectivity index (χ1v) is 5.99. The van der Waals surface area contributed by atoms with Gasteiger partial charge < -0.3 is 20.8 Å². The van der Waals surface area contributed by atoms with Crippen molar-refractivity contribution in [1.29, 1.82) is 0 Å². The Morgan fingerprint density at radius 2 is 1.78 bits per heavy atom. The van der Waals surface area contributed by atoms with Crippen molar-refractivity contribution < 1.29 is 19.8 Å². The topological polar surface area (TPSA) is 104 Å². The van der Waals surface area contributed by atoms with E-state index >= 15 is 0 Å². The lowest BCUT2D eigenvalue weighted by Gasteiger charge is -2.40. The molecule has 0 radical (unpaired) electrons. The van der Waals surface area contributed by atoms with Gasteiger partial charge in [0, 0.05) is 18.5 Å². The van der Waals surface area contributed by atoms with Crippen molar-refractivity contribution in [2.24, 2.45) is 11.1 Å². The zero-order chi connectivity index (χ0) is 14.3. The molecule has 1 fully saturated rings. The predicted molar refractivity (Wildman–Crippen MR) is 65.8 cm³/mol. The van der Waals surface area contributed by atoms with Crippen LogP contribution < -0.4 is 5.73 Å². The highest BCUT2D eigenvalue weighted by Crippen LogP contribution is 2.33. The van der Waals surface area contributed by atoms with Gasteiger partial charge >= 0.3 is 5.97 Å². The van der Waals surface area contributed by atoms with Gasteiger partial charge in [0.15, 0.2) is 0 Å². The zero-order valence-corrected chi connectivity index (χ0v) is 11.3. The number of nitrogens with two attached hydrogens (primary N) is 1. The van der Waals surface area contributed by atoms with Crippen LogP contribution >= 0.6 is 0 Å². The molecule has 0 aromatic carbocycles. The van der Waals surface area contributed by atoms with E-state index in [1.807, 2.05) is 0 Å². The lowest BCUT2D eigenvalue weighted by atomic mass is 9.74. The number of aliphatic hydroxyl groups excluding tert-OH is 1. The molecule has 0 saturated carbocycles. The van der Waals surface area contributed by atoms with Gasteiger partial charge in [0.2, 0.25) is 5.91 Å². The summed E-state index contributed by atoms with van der Waals surface area (Å²) in [6.07, 6.45) is -0.714. The van der Waals surface area contributed by atoms with Crippen LogP contribution in [0.5, 0.6) is 0 Å². The summed E-state index contributed by atoms with van der Waals surface area (Å²) in [7, 11) is 0. The number of carboxylic acid groups (broad SMARTS) is 1. The Kier molecular flexibility index (Phi) is 3.74. The molecule has 1 aliphatic heterocycles. The molecule has 1 rings (SSSR count).